The highest BCUT2D eigenvalue weighted by molar-refractivity contribution is 7.90. The lowest BCUT2D eigenvalue weighted by atomic mass is 9.72. The summed E-state index contributed by atoms with van der Waals surface area (Å²) in [7, 11) is 0.765. The topological polar surface area (TPSA) is 51.5 Å². The smallest absolute Gasteiger partial charge is 0.268 e. The van der Waals surface area contributed by atoms with Gasteiger partial charge in [0.05, 0.1) is 17.0 Å². The van der Waals surface area contributed by atoms with Gasteiger partial charge in [0.25, 0.3) is 10.0 Å². The second-order valence-electron chi connectivity index (χ2n) is 10.1. The molecule has 5 nitrogen and oxygen atoms in total. The first-order valence-corrected chi connectivity index (χ1v) is 14.1. The average molecular weight is 503 g/mol. The van der Waals surface area contributed by atoms with Gasteiger partial charge in [-0.3, -0.25) is 4.90 Å². The van der Waals surface area contributed by atoms with E-state index in [9.17, 15) is 8.42 Å². The second-order valence-corrected chi connectivity index (χ2v) is 11.9. The number of ether oxygens (including phenoxy) is 1. The van der Waals surface area contributed by atoms with E-state index >= 15 is 0 Å². The first-order chi connectivity index (χ1) is 17.4. The number of hydrogen-bond donors (Lipinski definition) is 0. The van der Waals surface area contributed by atoms with Crippen LogP contribution in [0.5, 0.6) is 0 Å². The first kappa shape index (κ1) is 24.8. The molecule has 6 heteroatoms. The van der Waals surface area contributed by atoms with E-state index in [2.05, 4.69) is 49.3 Å². The molecule has 0 amide bonds. The molecule has 1 heterocycles. The molecule has 1 aliphatic rings. The van der Waals surface area contributed by atoms with Crippen molar-refractivity contribution in [3.8, 4) is 0 Å². The molecule has 1 fully saturated rings. The van der Waals surface area contributed by atoms with Gasteiger partial charge in [-0.25, -0.2) is 12.4 Å². The van der Waals surface area contributed by atoms with E-state index in [-0.39, 0.29) is 10.4 Å². The molecule has 5 rings (SSSR count). The molecule has 0 unspecified atom stereocenters. The zero-order valence-electron chi connectivity index (χ0n) is 21.0. The van der Waals surface area contributed by atoms with Crippen LogP contribution in [-0.2, 0) is 26.9 Å². The fourth-order valence-corrected chi connectivity index (χ4v) is 6.95. The van der Waals surface area contributed by atoms with Crippen molar-refractivity contribution in [2.24, 2.45) is 5.92 Å². The van der Waals surface area contributed by atoms with Crippen molar-refractivity contribution < 1.29 is 13.2 Å². The fourth-order valence-electron chi connectivity index (χ4n) is 5.58. The summed E-state index contributed by atoms with van der Waals surface area (Å²) in [5, 5.41) is 0.895. The van der Waals surface area contributed by atoms with Crippen LogP contribution < -0.4 is 0 Å². The minimum atomic E-state index is -3.62. The third-order valence-electron chi connectivity index (χ3n) is 7.74. The summed E-state index contributed by atoms with van der Waals surface area (Å²) >= 11 is 0. The summed E-state index contributed by atoms with van der Waals surface area (Å²) in [6, 6.07) is 27.1. The standard InChI is InChI=1S/C30H34N2O3S/c1-31(2)30(27-9-5-3-6-10-27)18-15-24(16-19-30)22-35-23-25-13-14-29-26(21-25)17-20-32(29)36(33,34)28-11-7-4-8-12-28/h3-14,17,20-21,24H,15-16,18-19,22-23H2,1-2H3. The Labute approximate surface area is 214 Å². The molecule has 36 heavy (non-hydrogen) atoms. The zero-order valence-corrected chi connectivity index (χ0v) is 21.8. The van der Waals surface area contributed by atoms with E-state index in [1.807, 2.05) is 30.3 Å². The molecule has 0 bridgehead atoms. The van der Waals surface area contributed by atoms with Crippen molar-refractivity contribution in [1.29, 1.82) is 0 Å². The summed E-state index contributed by atoms with van der Waals surface area (Å²) in [6.45, 7) is 1.28. The highest BCUT2D eigenvalue weighted by Gasteiger charge is 2.38. The lowest BCUT2D eigenvalue weighted by Crippen LogP contribution is -2.44. The molecule has 0 spiro atoms. The van der Waals surface area contributed by atoms with Gasteiger partial charge in [-0.15, -0.1) is 0 Å². The van der Waals surface area contributed by atoms with Gasteiger partial charge >= 0.3 is 0 Å². The molecule has 188 valence electrons. The summed E-state index contributed by atoms with van der Waals surface area (Å²) in [5.41, 5.74) is 3.25. The summed E-state index contributed by atoms with van der Waals surface area (Å²) < 4.78 is 33.6. The molecule has 0 N–H and O–H groups in total. The quantitative estimate of drug-likeness (QED) is 0.295. The Kier molecular flexibility index (Phi) is 7.02. The second kappa shape index (κ2) is 10.2. The van der Waals surface area contributed by atoms with Crippen molar-refractivity contribution in [2.75, 3.05) is 20.7 Å². The highest BCUT2D eigenvalue weighted by Crippen LogP contribution is 2.43. The maximum absolute atomic E-state index is 13.1. The van der Waals surface area contributed by atoms with Crippen molar-refractivity contribution in [3.05, 3.63) is 102 Å². The maximum Gasteiger partial charge on any atom is 0.268 e. The van der Waals surface area contributed by atoms with Gasteiger partial charge in [-0.05, 0) is 87.2 Å². The van der Waals surface area contributed by atoms with Crippen LogP contribution in [-0.4, -0.2) is 38.0 Å². The summed E-state index contributed by atoms with van der Waals surface area (Å²) in [4.78, 5) is 2.67. The van der Waals surface area contributed by atoms with Crippen LogP contribution >= 0.6 is 0 Å². The zero-order chi connectivity index (χ0) is 25.2. The number of rotatable bonds is 8. The van der Waals surface area contributed by atoms with Crippen LogP contribution in [0.15, 0.2) is 96.0 Å². The minimum absolute atomic E-state index is 0.107. The van der Waals surface area contributed by atoms with Crippen LogP contribution in [0, 0.1) is 5.92 Å². The van der Waals surface area contributed by atoms with Crippen LogP contribution in [0.1, 0.15) is 36.8 Å². The van der Waals surface area contributed by atoms with Crippen LogP contribution in [0.4, 0.5) is 0 Å². The number of nitrogens with zero attached hydrogens (tertiary/aromatic N) is 2. The van der Waals surface area contributed by atoms with Gasteiger partial charge in [0.1, 0.15) is 0 Å². The fraction of sp³-hybridized carbons (Fsp3) is 0.333. The van der Waals surface area contributed by atoms with Gasteiger partial charge in [0, 0.05) is 23.7 Å². The lowest BCUT2D eigenvalue weighted by Gasteiger charge is -2.45. The summed E-state index contributed by atoms with van der Waals surface area (Å²) in [6.07, 6.45) is 6.18. The Morgan fingerprint density at radius 1 is 0.917 bits per heavy atom. The highest BCUT2D eigenvalue weighted by atomic mass is 32.2. The molecule has 0 radical (unpaired) electrons. The molecular formula is C30H34N2O3S. The van der Waals surface area contributed by atoms with Crippen LogP contribution in [0.2, 0.25) is 0 Å². The van der Waals surface area contributed by atoms with E-state index in [4.69, 9.17) is 4.74 Å². The van der Waals surface area contributed by atoms with Crippen molar-refractivity contribution in [2.45, 2.75) is 42.7 Å². The monoisotopic (exact) mass is 502 g/mol. The molecule has 3 aromatic carbocycles. The Hall–Kier alpha value is -2.93. The Morgan fingerprint density at radius 2 is 1.58 bits per heavy atom. The number of hydrogen-bond acceptors (Lipinski definition) is 4. The molecule has 0 saturated heterocycles. The number of benzene rings is 3. The van der Waals surface area contributed by atoms with Gasteiger partial charge in [0.2, 0.25) is 0 Å². The summed E-state index contributed by atoms with van der Waals surface area (Å²) in [5.74, 6) is 0.558. The lowest BCUT2D eigenvalue weighted by molar-refractivity contribution is 0.0288. The van der Waals surface area contributed by atoms with E-state index in [0.717, 1.165) is 43.2 Å². The third kappa shape index (κ3) is 4.73. The van der Waals surface area contributed by atoms with E-state index in [0.29, 0.717) is 18.0 Å². The van der Waals surface area contributed by atoms with Crippen molar-refractivity contribution in [3.63, 3.8) is 0 Å². The van der Waals surface area contributed by atoms with Crippen LogP contribution in [0.3, 0.4) is 0 Å². The Bertz CT molecular complexity index is 1400. The first-order valence-electron chi connectivity index (χ1n) is 12.6. The number of fused-ring (bicyclic) bond motifs is 1. The van der Waals surface area contributed by atoms with Crippen molar-refractivity contribution >= 4 is 20.9 Å². The normalized spacial score (nSPS) is 20.7. The Morgan fingerprint density at radius 3 is 2.25 bits per heavy atom. The van der Waals surface area contributed by atoms with E-state index < -0.39 is 10.0 Å². The van der Waals surface area contributed by atoms with Crippen LogP contribution in [0.25, 0.3) is 10.9 Å². The molecule has 0 atom stereocenters. The maximum atomic E-state index is 13.1. The van der Waals surface area contributed by atoms with Gasteiger partial charge in [0.15, 0.2) is 0 Å². The molecule has 0 aliphatic heterocycles. The SMILES string of the molecule is CN(C)C1(c2ccccc2)CCC(COCc2ccc3c(ccn3S(=O)(=O)c3ccccc3)c2)CC1. The van der Waals surface area contributed by atoms with E-state index in [1.165, 1.54) is 9.54 Å². The van der Waals surface area contributed by atoms with Crippen molar-refractivity contribution in [1.82, 2.24) is 8.87 Å². The molecule has 4 aromatic rings. The third-order valence-corrected chi connectivity index (χ3v) is 9.44. The van der Waals surface area contributed by atoms with Gasteiger partial charge in [-0.1, -0.05) is 54.6 Å². The largest absolute Gasteiger partial charge is 0.376 e. The number of aromatic nitrogens is 1. The minimum Gasteiger partial charge on any atom is -0.376 e. The molecule has 1 saturated carbocycles. The average Bonchev–Trinajstić information content (AvgIpc) is 3.34. The molecule has 1 aliphatic carbocycles. The molecule has 1 aromatic heterocycles. The Balaban J connectivity index is 1.20. The molecular weight excluding hydrogens is 468 g/mol. The van der Waals surface area contributed by atoms with Gasteiger partial charge in [-0.2, -0.15) is 0 Å². The predicted molar refractivity (Wildman–Crippen MR) is 144 cm³/mol. The predicted octanol–water partition coefficient (Wildman–Crippen LogP) is 6.04. The van der Waals surface area contributed by atoms with Gasteiger partial charge < -0.3 is 4.74 Å². The van der Waals surface area contributed by atoms with E-state index in [1.54, 1.807) is 30.5 Å².